The van der Waals surface area contributed by atoms with Crippen LogP contribution in [0.25, 0.3) is 11.1 Å². The van der Waals surface area contributed by atoms with Crippen LogP contribution in [0.15, 0.2) is 210 Å². The van der Waals surface area contributed by atoms with Crippen LogP contribution in [-0.4, -0.2) is 46.8 Å². The monoisotopic (exact) mass is 831 g/mol. The van der Waals surface area contributed by atoms with E-state index in [1.165, 1.54) is 22.4 Å². The van der Waals surface area contributed by atoms with Gasteiger partial charge in [0.25, 0.3) is 0 Å². The van der Waals surface area contributed by atoms with Crippen molar-refractivity contribution in [3.05, 3.63) is 228 Å². The smallest absolute Gasteiger partial charge is 0.118 e. The lowest BCUT2D eigenvalue weighted by Crippen LogP contribution is -2.21. The number of para-hydroxylation sites is 3. The Morgan fingerprint density at radius 1 is 0.444 bits per heavy atom. The third kappa shape index (κ3) is 12.7. The lowest BCUT2D eigenvalue weighted by molar-refractivity contribution is 0.414. The molecule has 0 saturated carbocycles. The predicted octanol–water partition coefficient (Wildman–Crippen LogP) is 13.4. The fraction of sp³-hybridized carbons (Fsp3) is 0.143. The predicted molar refractivity (Wildman–Crippen MR) is 268 cm³/mol. The Morgan fingerprint density at radius 2 is 0.810 bits per heavy atom. The molecule has 63 heavy (non-hydrogen) atoms. The molecule has 0 aliphatic heterocycles. The molecule has 0 amide bonds. The minimum Gasteiger partial charge on any atom is -0.497 e. The average Bonchev–Trinajstić information content (AvgIpc) is 3.35. The molecule has 7 rings (SSSR count). The summed E-state index contributed by atoms with van der Waals surface area (Å²) in [5.41, 5.74) is 12.3. The van der Waals surface area contributed by atoms with E-state index in [1.807, 2.05) is 151 Å². The Labute approximate surface area is 374 Å². The van der Waals surface area contributed by atoms with E-state index in [9.17, 15) is 0 Å². The van der Waals surface area contributed by atoms with Crippen LogP contribution in [0.1, 0.15) is 41.7 Å². The summed E-state index contributed by atoms with van der Waals surface area (Å²) < 4.78 is 10.6. The summed E-state index contributed by atoms with van der Waals surface area (Å²) in [5, 5.41) is 13.2. The third-order valence-corrected chi connectivity index (χ3v) is 10.5. The van der Waals surface area contributed by atoms with Gasteiger partial charge < -0.3 is 14.4 Å². The van der Waals surface area contributed by atoms with Gasteiger partial charge in [0.1, 0.15) is 11.5 Å². The first-order valence-electron chi connectivity index (χ1n) is 21.3. The molecule has 0 atom stereocenters. The van der Waals surface area contributed by atoms with Gasteiger partial charge in [0.15, 0.2) is 0 Å². The number of rotatable bonds is 16. The Hall–Kier alpha value is -7.64. The molecule has 0 aliphatic carbocycles. The fourth-order valence-electron chi connectivity index (χ4n) is 6.95. The first-order valence-corrected chi connectivity index (χ1v) is 21.3. The van der Waals surface area contributed by atoms with Crippen molar-refractivity contribution in [1.29, 1.82) is 0 Å². The number of nitrogens with zero attached hydrogens (tertiary/aromatic N) is 5. The number of hydrogen-bond donors (Lipinski definition) is 0. The first-order chi connectivity index (χ1) is 30.9. The Bertz CT molecular complexity index is 2440. The number of anilines is 4. The Kier molecular flexibility index (Phi) is 16.7. The summed E-state index contributed by atoms with van der Waals surface area (Å²) in [5.74, 6) is 1.66. The van der Waals surface area contributed by atoms with Crippen LogP contribution in [-0.2, 0) is 0 Å². The summed E-state index contributed by atoms with van der Waals surface area (Å²) in [7, 11) is 5.27. The average molecular weight is 832 g/mol. The van der Waals surface area contributed by atoms with E-state index in [-0.39, 0.29) is 0 Å². The largest absolute Gasteiger partial charge is 0.497 e. The van der Waals surface area contributed by atoms with Crippen molar-refractivity contribution in [3.63, 3.8) is 0 Å². The SMILES string of the molecule is CCN(CC)c1ccc(/C(=C/C=N\N(c2ccccc2)c2ccccc2)c2ccc(C)cc2)cc1.COc1ccc(C(=C/C=N\N(C)c2ccccc2)c2ccc(OC)cc2)cc1. The Morgan fingerprint density at radius 3 is 1.21 bits per heavy atom. The number of benzene rings is 7. The van der Waals surface area contributed by atoms with Gasteiger partial charge in [-0.3, -0.25) is 5.01 Å². The van der Waals surface area contributed by atoms with Gasteiger partial charge in [-0.25, -0.2) is 5.01 Å². The lowest BCUT2D eigenvalue weighted by atomic mass is 9.96. The molecule has 7 heteroatoms. The van der Waals surface area contributed by atoms with Crippen molar-refractivity contribution in [2.24, 2.45) is 10.2 Å². The molecule has 7 nitrogen and oxygen atoms in total. The van der Waals surface area contributed by atoms with E-state index in [0.717, 1.165) is 63.9 Å². The van der Waals surface area contributed by atoms with Crippen LogP contribution in [0.3, 0.4) is 0 Å². The van der Waals surface area contributed by atoms with E-state index >= 15 is 0 Å². The molecular formula is C56H57N5O2. The highest BCUT2D eigenvalue weighted by Gasteiger charge is 2.10. The third-order valence-electron chi connectivity index (χ3n) is 10.5. The molecule has 7 aromatic carbocycles. The van der Waals surface area contributed by atoms with E-state index in [4.69, 9.17) is 14.6 Å². The standard InChI is InChI=1S/C32H33N3.C24H24N2O2/c1-4-34(5-2)29-22-20-28(21-23-29)32(27-18-16-26(3)17-19-27)24-25-33-35(30-12-8-6-9-13-30)31-14-10-7-11-15-31;1-26(21-7-5-4-6-8-21)25-18-17-24(19-9-13-22(27-2)14-10-19)20-11-15-23(28-3)16-12-20/h6-25H,4-5H2,1-3H3;4-18H,1-3H3/b32-24+,33-25-;25-18-. The lowest BCUT2D eigenvalue weighted by Gasteiger charge is -2.21. The highest BCUT2D eigenvalue weighted by molar-refractivity contribution is 5.93. The van der Waals surface area contributed by atoms with Gasteiger partial charge in [-0.15, -0.1) is 0 Å². The van der Waals surface area contributed by atoms with Crippen molar-refractivity contribution in [3.8, 4) is 11.5 Å². The van der Waals surface area contributed by atoms with Gasteiger partial charge in [-0.1, -0.05) is 121 Å². The molecule has 0 N–H and O–H groups in total. The van der Waals surface area contributed by atoms with E-state index < -0.39 is 0 Å². The zero-order valence-corrected chi connectivity index (χ0v) is 37.2. The fourth-order valence-corrected chi connectivity index (χ4v) is 6.95. The molecular weight excluding hydrogens is 775 g/mol. The van der Waals surface area contributed by atoms with Crippen LogP contribution < -0.4 is 24.4 Å². The number of hydrogen-bond acceptors (Lipinski definition) is 7. The molecule has 0 aromatic heterocycles. The topological polar surface area (TPSA) is 52.9 Å². The number of ether oxygens (including phenoxy) is 2. The van der Waals surface area contributed by atoms with E-state index in [2.05, 4.69) is 110 Å². The maximum Gasteiger partial charge on any atom is 0.118 e. The second kappa shape index (κ2) is 23.4. The second-order valence-electron chi connectivity index (χ2n) is 14.6. The number of aryl methyl sites for hydroxylation is 1. The molecule has 0 heterocycles. The quantitative estimate of drug-likeness (QED) is 0.0717. The van der Waals surface area contributed by atoms with Crippen molar-refractivity contribution >= 4 is 46.3 Å². The molecule has 0 fully saturated rings. The molecule has 0 radical (unpaired) electrons. The summed E-state index contributed by atoms with van der Waals surface area (Å²) >= 11 is 0. The van der Waals surface area contributed by atoms with Crippen LogP contribution in [0.4, 0.5) is 22.7 Å². The number of allylic oxidation sites excluding steroid dienone is 2. The van der Waals surface area contributed by atoms with Crippen molar-refractivity contribution < 1.29 is 9.47 Å². The van der Waals surface area contributed by atoms with Crippen LogP contribution in [0, 0.1) is 6.92 Å². The van der Waals surface area contributed by atoms with Crippen molar-refractivity contribution in [1.82, 2.24) is 0 Å². The van der Waals surface area contributed by atoms with Crippen molar-refractivity contribution in [2.45, 2.75) is 20.8 Å². The molecule has 7 aromatic rings. The first kappa shape index (κ1) is 44.9. The van der Waals surface area contributed by atoms with Crippen LogP contribution in [0.2, 0.25) is 0 Å². The van der Waals surface area contributed by atoms with Crippen LogP contribution in [0.5, 0.6) is 11.5 Å². The number of hydrazone groups is 2. The summed E-state index contributed by atoms with van der Waals surface area (Å²) in [6.45, 7) is 8.49. The summed E-state index contributed by atoms with van der Waals surface area (Å²) in [6.07, 6.45) is 7.84. The minimum atomic E-state index is 0.829. The minimum absolute atomic E-state index is 0.829. The molecule has 0 saturated heterocycles. The maximum absolute atomic E-state index is 5.28. The van der Waals surface area contributed by atoms with Gasteiger partial charge in [0.05, 0.1) is 31.3 Å². The summed E-state index contributed by atoms with van der Waals surface area (Å²) in [6, 6.07) is 64.0. The van der Waals surface area contributed by atoms with Gasteiger partial charge in [0, 0.05) is 38.3 Å². The maximum atomic E-state index is 5.28. The molecule has 0 spiro atoms. The van der Waals surface area contributed by atoms with Gasteiger partial charge in [0.2, 0.25) is 0 Å². The van der Waals surface area contributed by atoms with Gasteiger partial charge >= 0.3 is 0 Å². The second-order valence-corrected chi connectivity index (χ2v) is 14.6. The molecule has 0 aliphatic rings. The van der Waals surface area contributed by atoms with Crippen molar-refractivity contribution in [2.75, 3.05) is 49.3 Å². The number of methoxy groups -OCH3 is 2. The Balaban J connectivity index is 0.000000215. The zero-order valence-electron chi connectivity index (χ0n) is 37.2. The highest BCUT2D eigenvalue weighted by Crippen LogP contribution is 2.29. The van der Waals surface area contributed by atoms with Gasteiger partial charge in [-0.2, -0.15) is 10.2 Å². The molecule has 0 bridgehead atoms. The van der Waals surface area contributed by atoms with Gasteiger partial charge in [-0.05, 0) is 139 Å². The summed E-state index contributed by atoms with van der Waals surface area (Å²) in [4.78, 5) is 2.36. The highest BCUT2D eigenvalue weighted by atomic mass is 16.5. The molecule has 0 unspecified atom stereocenters. The van der Waals surface area contributed by atoms with Crippen LogP contribution >= 0.6 is 0 Å². The van der Waals surface area contributed by atoms with E-state index in [1.54, 1.807) is 14.2 Å². The zero-order chi connectivity index (χ0) is 44.2. The molecule has 318 valence electrons. The van der Waals surface area contributed by atoms with E-state index in [0.29, 0.717) is 0 Å². The normalized spacial score (nSPS) is 11.1.